The molecule has 0 aromatic heterocycles. The smallest absolute Gasteiger partial charge is 0.254 e. The van der Waals surface area contributed by atoms with Crippen LogP contribution in [0.15, 0.2) is 24.3 Å². The molecule has 1 heterocycles. The minimum atomic E-state index is 0.154. The number of fused-ring (bicyclic) bond motifs is 1. The molecule has 0 radical (unpaired) electrons. The lowest BCUT2D eigenvalue weighted by Gasteiger charge is -2.37. The number of carbonyl (C=O) groups excluding carboxylic acids is 1. The standard InChI is InChI=1S/C15H18BrNO2/c16-10-11-4-6-12(7-5-11)15(18)17-8-9-19-14-3-1-2-13(14)17/h4-7,13-14H,1-3,8-10H2. The second kappa shape index (κ2) is 5.63. The third kappa shape index (κ3) is 2.56. The molecule has 0 N–H and O–H groups in total. The fourth-order valence-corrected chi connectivity index (χ4v) is 3.45. The molecule has 3 nitrogen and oxygen atoms in total. The van der Waals surface area contributed by atoms with E-state index in [4.69, 9.17) is 4.74 Å². The van der Waals surface area contributed by atoms with E-state index < -0.39 is 0 Å². The van der Waals surface area contributed by atoms with Crippen LogP contribution in [0.4, 0.5) is 0 Å². The zero-order valence-electron chi connectivity index (χ0n) is 10.8. The van der Waals surface area contributed by atoms with Gasteiger partial charge in [0.25, 0.3) is 5.91 Å². The van der Waals surface area contributed by atoms with Gasteiger partial charge in [-0.3, -0.25) is 4.79 Å². The van der Waals surface area contributed by atoms with Gasteiger partial charge in [0.2, 0.25) is 0 Å². The van der Waals surface area contributed by atoms with Crippen LogP contribution in [0.2, 0.25) is 0 Å². The number of benzene rings is 1. The second-order valence-corrected chi connectivity index (χ2v) is 5.80. The molecule has 19 heavy (non-hydrogen) atoms. The zero-order valence-corrected chi connectivity index (χ0v) is 12.4. The Hall–Kier alpha value is -0.870. The summed E-state index contributed by atoms with van der Waals surface area (Å²) >= 11 is 3.42. The molecule has 1 aromatic rings. The first kappa shape index (κ1) is 13.1. The molecule has 0 bridgehead atoms. The van der Waals surface area contributed by atoms with Crippen LogP contribution in [0, 0.1) is 0 Å². The lowest BCUT2D eigenvalue weighted by atomic mass is 10.1. The van der Waals surface area contributed by atoms with Crippen molar-refractivity contribution in [2.24, 2.45) is 0 Å². The van der Waals surface area contributed by atoms with Gasteiger partial charge in [0, 0.05) is 17.4 Å². The topological polar surface area (TPSA) is 29.5 Å². The number of ether oxygens (including phenoxy) is 1. The minimum Gasteiger partial charge on any atom is -0.374 e. The summed E-state index contributed by atoms with van der Waals surface area (Å²) in [6.45, 7) is 1.40. The van der Waals surface area contributed by atoms with Crippen molar-refractivity contribution in [3.05, 3.63) is 35.4 Å². The second-order valence-electron chi connectivity index (χ2n) is 5.24. The molecule has 1 amide bonds. The van der Waals surface area contributed by atoms with Gasteiger partial charge in [-0.1, -0.05) is 28.1 Å². The lowest BCUT2D eigenvalue weighted by molar-refractivity contribution is -0.0445. The molecule has 1 aliphatic heterocycles. The van der Waals surface area contributed by atoms with E-state index in [0.29, 0.717) is 6.61 Å². The fourth-order valence-electron chi connectivity index (χ4n) is 3.08. The predicted octanol–water partition coefficient (Wildman–Crippen LogP) is 2.98. The van der Waals surface area contributed by atoms with Crippen molar-refractivity contribution in [3.8, 4) is 0 Å². The molecular weight excluding hydrogens is 306 g/mol. The number of hydrogen-bond donors (Lipinski definition) is 0. The van der Waals surface area contributed by atoms with Crippen LogP contribution in [0.1, 0.15) is 35.2 Å². The summed E-state index contributed by atoms with van der Waals surface area (Å²) in [6, 6.07) is 8.16. The van der Waals surface area contributed by atoms with Gasteiger partial charge in [-0.2, -0.15) is 0 Å². The monoisotopic (exact) mass is 323 g/mol. The van der Waals surface area contributed by atoms with Gasteiger partial charge in [-0.25, -0.2) is 0 Å². The van der Waals surface area contributed by atoms with Gasteiger partial charge < -0.3 is 9.64 Å². The van der Waals surface area contributed by atoms with E-state index in [1.54, 1.807) is 0 Å². The van der Waals surface area contributed by atoms with Crippen molar-refractivity contribution in [1.29, 1.82) is 0 Å². The largest absolute Gasteiger partial charge is 0.374 e. The van der Waals surface area contributed by atoms with Crippen molar-refractivity contribution in [3.63, 3.8) is 0 Å². The van der Waals surface area contributed by atoms with Crippen LogP contribution >= 0.6 is 15.9 Å². The van der Waals surface area contributed by atoms with Gasteiger partial charge in [0.05, 0.1) is 18.8 Å². The SMILES string of the molecule is O=C(c1ccc(CBr)cc1)N1CCOC2CCCC21. The van der Waals surface area contributed by atoms with Gasteiger partial charge in [0.15, 0.2) is 0 Å². The first-order chi connectivity index (χ1) is 9.29. The number of amides is 1. The molecule has 4 heteroatoms. The summed E-state index contributed by atoms with van der Waals surface area (Å²) in [5.41, 5.74) is 1.98. The van der Waals surface area contributed by atoms with Gasteiger partial charge in [-0.15, -0.1) is 0 Å². The van der Waals surface area contributed by atoms with Crippen molar-refractivity contribution in [1.82, 2.24) is 4.90 Å². The Morgan fingerprint density at radius 2 is 2.11 bits per heavy atom. The Morgan fingerprint density at radius 3 is 2.84 bits per heavy atom. The average Bonchev–Trinajstić information content (AvgIpc) is 2.95. The maximum Gasteiger partial charge on any atom is 0.254 e. The summed E-state index contributed by atoms with van der Waals surface area (Å²) in [5, 5.41) is 0.823. The predicted molar refractivity (Wildman–Crippen MR) is 77.5 cm³/mol. The van der Waals surface area contributed by atoms with E-state index in [0.717, 1.165) is 30.3 Å². The van der Waals surface area contributed by atoms with E-state index >= 15 is 0 Å². The third-order valence-electron chi connectivity index (χ3n) is 4.10. The molecule has 1 saturated carbocycles. The van der Waals surface area contributed by atoms with Crippen LogP contribution < -0.4 is 0 Å². The summed E-state index contributed by atoms with van der Waals surface area (Å²) in [5.74, 6) is 0.154. The number of carbonyl (C=O) groups is 1. The molecule has 1 aliphatic carbocycles. The fraction of sp³-hybridized carbons (Fsp3) is 0.533. The molecule has 2 unspecified atom stereocenters. The maximum atomic E-state index is 12.6. The maximum absolute atomic E-state index is 12.6. The Labute approximate surface area is 122 Å². The van der Waals surface area contributed by atoms with E-state index in [9.17, 15) is 4.79 Å². The molecule has 3 rings (SSSR count). The Balaban J connectivity index is 1.78. The van der Waals surface area contributed by atoms with E-state index in [1.165, 1.54) is 12.0 Å². The number of morpholine rings is 1. The number of rotatable bonds is 2. The molecule has 0 spiro atoms. The molecule has 1 saturated heterocycles. The summed E-state index contributed by atoms with van der Waals surface area (Å²) in [6.07, 6.45) is 3.61. The van der Waals surface area contributed by atoms with Crippen LogP contribution in [-0.4, -0.2) is 36.1 Å². The number of alkyl halides is 1. The molecule has 2 atom stereocenters. The Morgan fingerprint density at radius 1 is 1.32 bits per heavy atom. The Kier molecular flexibility index (Phi) is 3.89. The molecule has 1 aromatic carbocycles. The van der Waals surface area contributed by atoms with Crippen molar-refractivity contribution in [2.75, 3.05) is 13.2 Å². The highest BCUT2D eigenvalue weighted by Crippen LogP contribution is 2.30. The highest BCUT2D eigenvalue weighted by molar-refractivity contribution is 9.08. The van der Waals surface area contributed by atoms with Crippen molar-refractivity contribution >= 4 is 21.8 Å². The number of halogens is 1. The van der Waals surface area contributed by atoms with Crippen LogP contribution in [0.25, 0.3) is 0 Å². The van der Waals surface area contributed by atoms with Gasteiger partial charge in [0.1, 0.15) is 0 Å². The Bertz CT molecular complexity index is 460. The third-order valence-corrected chi connectivity index (χ3v) is 4.75. The highest BCUT2D eigenvalue weighted by atomic mass is 79.9. The van der Waals surface area contributed by atoms with Crippen molar-refractivity contribution in [2.45, 2.75) is 36.7 Å². The lowest BCUT2D eigenvalue weighted by Crippen LogP contribution is -2.51. The van der Waals surface area contributed by atoms with E-state index in [1.807, 2.05) is 29.2 Å². The summed E-state index contributed by atoms with van der Waals surface area (Å²) in [7, 11) is 0. The summed E-state index contributed by atoms with van der Waals surface area (Å²) < 4.78 is 5.75. The van der Waals surface area contributed by atoms with E-state index in [-0.39, 0.29) is 18.1 Å². The van der Waals surface area contributed by atoms with Crippen molar-refractivity contribution < 1.29 is 9.53 Å². The normalized spacial score (nSPS) is 26.3. The molecule has 102 valence electrons. The van der Waals surface area contributed by atoms with Crippen LogP contribution in [-0.2, 0) is 10.1 Å². The first-order valence-corrected chi connectivity index (χ1v) is 7.99. The zero-order chi connectivity index (χ0) is 13.2. The van der Waals surface area contributed by atoms with Gasteiger partial charge >= 0.3 is 0 Å². The summed E-state index contributed by atoms with van der Waals surface area (Å²) in [4.78, 5) is 14.6. The molecule has 2 fully saturated rings. The van der Waals surface area contributed by atoms with E-state index in [2.05, 4.69) is 15.9 Å². The van der Waals surface area contributed by atoms with Crippen LogP contribution in [0.3, 0.4) is 0 Å². The number of nitrogens with zero attached hydrogens (tertiary/aromatic N) is 1. The average molecular weight is 324 g/mol. The van der Waals surface area contributed by atoms with Crippen LogP contribution in [0.5, 0.6) is 0 Å². The first-order valence-electron chi connectivity index (χ1n) is 6.87. The number of hydrogen-bond acceptors (Lipinski definition) is 2. The molecule has 2 aliphatic rings. The molecular formula is C15H18BrNO2. The minimum absolute atomic E-state index is 0.154. The highest BCUT2D eigenvalue weighted by Gasteiger charge is 2.38. The quantitative estimate of drug-likeness (QED) is 0.783. The van der Waals surface area contributed by atoms with Gasteiger partial charge in [-0.05, 0) is 37.0 Å².